The van der Waals surface area contributed by atoms with Crippen LogP contribution in [0, 0.1) is 20.8 Å². The number of carbonyl (C=O) groups is 1. The number of fused-ring (bicyclic) bond motifs is 1. The lowest BCUT2D eigenvalue weighted by molar-refractivity contribution is -0.133. The molecule has 0 saturated carbocycles. The molecule has 2 aliphatic rings. The van der Waals surface area contributed by atoms with Crippen LogP contribution in [-0.2, 0) is 9.53 Å². The van der Waals surface area contributed by atoms with Crippen molar-refractivity contribution in [3.63, 3.8) is 0 Å². The smallest absolute Gasteiger partial charge is 0.236 e. The molecule has 0 aromatic carbocycles. The first-order chi connectivity index (χ1) is 13.0. The van der Waals surface area contributed by atoms with Gasteiger partial charge in [0.2, 0.25) is 5.91 Å². The van der Waals surface area contributed by atoms with Crippen LogP contribution in [0.4, 0.5) is 5.82 Å². The average molecular weight is 390 g/mol. The number of anilines is 1. The third kappa shape index (κ3) is 3.79. The Kier molecular flexibility index (Phi) is 5.29. The molecule has 0 unspecified atom stereocenters. The number of rotatable bonds is 3. The lowest BCUT2D eigenvalue weighted by Crippen LogP contribution is -2.52. The standard InChI is InChI=1S/C19H27N5O2S/c1-13-14(2)27-19-17(13)18(20-15(3)21-19)24-6-4-23(5-7-24)16(25)12-22-8-10-26-11-9-22/h4-12H2,1-3H3. The summed E-state index contributed by atoms with van der Waals surface area (Å²) in [6.07, 6.45) is 0. The Morgan fingerprint density at radius 3 is 2.44 bits per heavy atom. The summed E-state index contributed by atoms with van der Waals surface area (Å²) in [5.41, 5.74) is 1.27. The molecular weight excluding hydrogens is 362 g/mol. The zero-order valence-corrected chi connectivity index (χ0v) is 17.1. The molecule has 1 amide bonds. The van der Waals surface area contributed by atoms with Gasteiger partial charge in [-0.2, -0.15) is 0 Å². The van der Waals surface area contributed by atoms with Crippen LogP contribution in [-0.4, -0.2) is 84.7 Å². The average Bonchev–Trinajstić information content (AvgIpc) is 2.95. The predicted octanol–water partition coefficient (Wildman–Crippen LogP) is 1.60. The molecule has 0 radical (unpaired) electrons. The van der Waals surface area contributed by atoms with Crippen molar-refractivity contribution in [1.82, 2.24) is 19.8 Å². The third-order valence-corrected chi connectivity index (χ3v) is 6.62. The van der Waals surface area contributed by atoms with E-state index in [9.17, 15) is 4.79 Å². The second-order valence-electron chi connectivity index (χ2n) is 7.31. The van der Waals surface area contributed by atoms with E-state index in [0.717, 1.165) is 69.0 Å². The number of aromatic nitrogens is 2. The van der Waals surface area contributed by atoms with E-state index in [1.165, 1.54) is 15.8 Å². The van der Waals surface area contributed by atoms with E-state index in [-0.39, 0.29) is 5.91 Å². The van der Waals surface area contributed by atoms with Gasteiger partial charge in [-0.25, -0.2) is 9.97 Å². The summed E-state index contributed by atoms with van der Waals surface area (Å²) in [5.74, 6) is 2.06. The molecule has 4 heterocycles. The number of morpholine rings is 1. The van der Waals surface area contributed by atoms with Gasteiger partial charge in [-0.1, -0.05) is 0 Å². The summed E-state index contributed by atoms with van der Waals surface area (Å²) in [4.78, 5) is 30.9. The summed E-state index contributed by atoms with van der Waals surface area (Å²) in [6.45, 7) is 13.0. The molecule has 0 spiro atoms. The second-order valence-corrected chi connectivity index (χ2v) is 8.52. The lowest BCUT2D eigenvalue weighted by Gasteiger charge is -2.37. The van der Waals surface area contributed by atoms with E-state index in [4.69, 9.17) is 9.72 Å². The second kappa shape index (κ2) is 7.69. The summed E-state index contributed by atoms with van der Waals surface area (Å²) < 4.78 is 5.36. The Bertz CT molecular complexity index is 838. The van der Waals surface area contributed by atoms with Crippen molar-refractivity contribution in [3.05, 3.63) is 16.3 Å². The highest BCUT2D eigenvalue weighted by molar-refractivity contribution is 7.18. The zero-order valence-electron chi connectivity index (χ0n) is 16.3. The van der Waals surface area contributed by atoms with Crippen LogP contribution in [0.2, 0.25) is 0 Å². The van der Waals surface area contributed by atoms with Crippen molar-refractivity contribution in [1.29, 1.82) is 0 Å². The summed E-state index contributed by atoms with van der Waals surface area (Å²) in [6, 6.07) is 0. The molecule has 27 heavy (non-hydrogen) atoms. The monoisotopic (exact) mass is 389 g/mol. The van der Waals surface area contributed by atoms with E-state index in [0.29, 0.717) is 6.54 Å². The molecule has 2 aliphatic heterocycles. The Hall–Kier alpha value is -1.77. The maximum Gasteiger partial charge on any atom is 0.236 e. The SMILES string of the molecule is Cc1nc(N2CCN(C(=O)CN3CCOCC3)CC2)c2c(C)c(C)sc2n1. The predicted molar refractivity (Wildman–Crippen MR) is 108 cm³/mol. The van der Waals surface area contributed by atoms with Crippen molar-refractivity contribution in [3.8, 4) is 0 Å². The van der Waals surface area contributed by atoms with E-state index >= 15 is 0 Å². The first-order valence-corrected chi connectivity index (χ1v) is 10.4. The Balaban J connectivity index is 1.45. The minimum Gasteiger partial charge on any atom is -0.379 e. The van der Waals surface area contributed by atoms with E-state index in [1.807, 2.05) is 11.8 Å². The van der Waals surface area contributed by atoms with Crippen LogP contribution in [0.25, 0.3) is 10.2 Å². The van der Waals surface area contributed by atoms with Gasteiger partial charge in [-0.3, -0.25) is 9.69 Å². The lowest BCUT2D eigenvalue weighted by atomic mass is 10.2. The van der Waals surface area contributed by atoms with Crippen LogP contribution in [0.1, 0.15) is 16.3 Å². The Labute approximate surface area is 163 Å². The minimum absolute atomic E-state index is 0.225. The number of nitrogens with zero attached hydrogens (tertiary/aromatic N) is 5. The minimum atomic E-state index is 0.225. The molecule has 4 rings (SSSR count). The van der Waals surface area contributed by atoms with Crippen molar-refractivity contribution >= 4 is 33.3 Å². The molecule has 2 aromatic rings. The molecule has 8 heteroatoms. The van der Waals surface area contributed by atoms with Gasteiger partial charge in [0.25, 0.3) is 0 Å². The first kappa shape index (κ1) is 18.6. The number of carbonyl (C=O) groups excluding carboxylic acids is 1. The number of amides is 1. The van der Waals surface area contributed by atoms with Crippen molar-refractivity contribution in [2.75, 3.05) is 63.9 Å². The van der Waals surface area contributed by atoms with Gasteiger partial charge in [0.05, 0.1) is 25.1 Å². The Morgan fingerprint density at radius 2 is 1.74 bits per heavy atom. The normalized spacial score (nSPS) is 19.1. The highest BCUT2D eigenvalue weighted by Gasteiger charge is 2.26. The molecule has 2 saturated heterocycles. The highest BCUT2D eigenvalue weighted by Crippen LogP contribution is 2.35. The fourth-order valence-electron chi connectivity index (χ4n) is 3.78. The molecule has 0 bridgehead atoms. The zero-order chi connectivity index (χ0) is 19.0. The number of piperazine rings is 1. The fraction of sp³-hybridized carbons (Fsp3) is 0.632. The van der Waals surface area contributed by atoms with E-state index < -0.39 is 0 Å². The number of hydrogen-bond donors (Lipinski definition) is 0. The highest BCUT2D eigenvalue weighted by atomic mass is 32.1. The number of aryl methyl sites for hydroxylation is 3. The van der Waals surface area contributed by atoms with E-state index in [1.54, 1.807) is 11.3 Å². The quantitative estimate of drug-likeness (QED) is 0.795. The molecule has 0 aliphatic carbocycles. The molecule has 2 aromatic heterocycles. The van der Waals surface area contributed by atoms with E-state index in [2.05, 4.69) is 28.6 Å². The van der Waals surface area contributed by atoms with Gasteiger partial charge in [0, 0.05) is 44.1 Å². The van der Waals surface area contributed by atoms with Crippen molar-refractivity contribution < 1.29 is 9.53 Å². The maximum absolute atomic E-state index is 12.6. The Morgan fingerprint density at radius 1 is 1.04 bits per heavy atom. The number of ether oxygens (including phenoxy) is 1. The van der Waals surface area contributed by atoms with Gasteiger partial charge in [-0.05, 0) is 26.3 Å². The molecule has 7 nitrogen and oxygen atoms in total. The van der Waals surface area contributed by atoms with Crippen molar-refractivity contribution in [2.45, 2.75) is 20.8 Å². The van der Waals surface area contributed by atoms with Gasteiger partial charge < -0.3 is 14.5 Å². The van der Waals surface area contributed by atoms with Crippen molar-refractivity contribution in [2.24, 2.45) is 0 Å². The van der Waals surface area contributed by atoms with Crippen LogP contribution in [0.5, 0.6) is 0 Å². The summed E-state index contributed by atoms with van der Waals surface area (Å²) in [5, 5.41) is 1.18. The largest absolute Gasteiger partial charge is 0.379 e. The van der Waals surface area contributed by atoms with Crippen LogP contribution < -0.4 is 4.90 Å². The number of hydrogen-bond acceptors (Lipinski definition) is 7. The molecule has 0 N–H and O–H groups in total. The van der Waals surface area contributed by atoms with Crippen LogP contribution in [0.15, 0.2) is 0 Å². The number of thiophene rings is 1. The fourth-order valence-corrected chi connectivity index (χ4v) is 4.85. The van der Waals surface area contributed by atoms with Crippen LogP contribution in [0.3, 0.4) is 0 Å². The first-order valence-electron chi connectivity index (χ1n) is 9.60. The molecule has 146 valence electrons. The van der Waals surface area contributed by atoms with Gasteiger partial charge >= 0.3 is 0 Å². The molecule has 0 atom stereocenters. The third-order valence-electron chi connectivity index (χ3n) is 5.52. The summed E-state index contributed by atoms with van der Waals surface area (Å²) in [7, 11) is 0. The van der Waals surface area contributed by atoms with Gasteiger partial charge in [0.15, 0.2) is 0 Å². The maximum atomic E-state index is 12.6. The van der Waals surface area contributed by atoms with Gasteiger partial charge in [0.1, 0.15) is 16.5 Å². The van der Waals surface area contributed by atoms with Crippen LogP contribution >= 0.6 is 11.3 Å². The summed E-state index contributed by atoms with van der Waals surface area (Å²) >= 11 is 1.74. The van der Waals surface area contributed by atoms with Gasteiger partial charge in [-0.15, -0.1) is 11.3 Å². The topological polar surface area (TPSA) is 61.8 Å². The molecular formula is C19H27N5O2S. The molecule has 2 fully saturated rings.